The fourth-order valence-electron chi connectivity index (χ4n) is 3.40. The highest BCUT2D eigenvalue weighted by Crippen LogP contribution is 2.28. The van der Waals surface area contributed by atoms with Crippen LogP contribution in [0, 0.1) is 0 Å². The normalized spacial score (nSPS) is 22.4. The summed E-state index contributed by atoms with van der Waals surface area (Å²) >= 11 is 0. The number of amides is 1. The largest absolute Gasteiger partial charge is 0.373 e. The number of anilines is 1. The van der Waals surface area contributed by atoms with Crippen molar-refractivity contribution in [3.05, 3.63) is 54.6 Å². The molecule has 1 fully saturated rings. The molecule has 4 heteroatoms. The van der Waals surface area contributed by atoms with Crippen molar-refractivity contribution in [2.45, 2.75) is 39.0 Å². The molecule has 1 aliphatic heterocycles. The summed E-state index contributed by atoms with van der Waals surface area (Å²) in [7, 11) is 0. The summed E-state index contributed by atoms with van der Waals surface area (Å²) in [5.41, 5.74) is 2.98. The first-order valence-corrected chi connectivity index (χ1v) is 8.89. The van der Waals surface area contributed by atoms with Gasteiger partial charge in [0.2, 0.25) is 5.91 Å². The van der Waals surface area contributed by atoms with Crippen molar-refractivity contribution in [2.75, 3.05) is 18.4 Å². The quantitative estimate of drug-likeness (QED) is 0.922. The number of hydrogen-bond acceptors (Lipinski definition) is 3. The lowest BCUT2D eigenvalue weighted by Crippen LogP contribution is -2.52. The molecule has 0 aliphatic carbocycles. The van der Waals surface area contributed by atoms with E-state index in [4.69, 9.17) is 4.74 Å². The molecule has 1 aliphatic rings. The molecule has 0 saturated carbocycles. The molecule has 2 aromatic rings. The van der Waals surface area contributed by atoms with Gasteiger partial charge >= 0.3 is 0 Å². The second-order valence-corrected chi connectivity index (χ2v) is 6.79. The van der Waals surface area contributed by atoms with E-state index >= 15 is 0 Å². The fourth-order valence-corrected chi connectivity index (χ4v) is 3.40. The summed E-state index contributed by atoms with van der Waals surface area (Å²) in [6.45, 7) is 7.62. The van der Waals surface area contributed by atoms with E-state index in [1.807, 2.05) is 49.4 Å². The van der Waals surface area contributed by atoms with Crippen molar-refractivity contribution in [3.63, 3.8) is 0 Å². The minimum atomic E-state index is -0.197. The highest BCUT2D eigenvalue weighted by molar-refractivity contribution is 5.98. The second-order valence-electron chi connectivity index (χ2n) is 6.79. The smallest absolute Gasteiger partial charge is 0.241 e. The highest BCUT2D eigenvalue weighted by atomic mass is 16.5. The van der Waals surface area contributed by atoms with Crippen LogP contribution in [0.4, 0.5) is 5.69 Å². The molecule has 132 valence electrons. The number of nitrogens with one attached hydrogen (secondary N) is 1. The molecule has 25 heavy (non-hydrogen) atoms. The zero-order chi connectivity index (χ0) is 17.8. The van der Waals surface area contributed by atoms with Crippen LogP contribution in [0.3, 0.4) is 0 Å². The van der Waals surface area contributed by atoms with E-state index in [9.17, 15) is 4.79 Å². The maximum atomic E-state index is 12.8. The maximum Gasteiger partial charge on any atom is 0.241 e. The van der Waals surface area contributed by atoms with Gasteiger partial charge in [0.15, 0.2) is 0 Å². The Morgan fingerprint density at radius 3 is 2.32 bits per heavy atom. The van der Waals surface area contributed by atoms with Gasteiger partial charge in [-0.05, 0) is 32.4 Å². The SMILES string of the molecule is C[C@@H]1CN([C@@H](C)C(=O)Nc2ccccc2-c2ccccc2)C[C@H](C)O1. The van der Waals surface area contributed by atoms with Crippen LogP contribution in [0.15, 0.2) is 54.6 Å². The Hall–Kier alpha value is -2.17. The van der Waals surface area contributed by atoms with Gasteiger partial charge in [0.1, 0.15) is 0 Å². The first-order valence-electron chi connectivity index (χ1n) is 8.89. The number of rotatable bonds is 4. The average Bonchev–Trinajstić information content (AvgIpc) is 2.61. The first kappa shape index (κ1) is 17.6. The molecule has 0 radical (unpaired) electrons. The predicted molar refractivity (Wildman–Crippen MR) is 102 cm³/mol. The van der Waals surface area contributed by atoms with Gasteiger partial charge in [-0.15, -0.1) is 0 Å². The van der Waals surface area contributed by atoms with Crippen LogP contribution in [-0.2, 0) is 9.53 Å². The van der Waals surface area contributed by atoms with Gasteiger partial charge in [-0.1, -0.05) is 48.5 Å². The van der Waals surface area contributed by atoms with E-state index in [1.165, 1.54) is 0 Å². The Labute approximate surface area is 149 Å². The number of carbonyl (C=O) groups excluding carboxylic acids is 1. The Kier molecular flexibility index (Phi) is 5.51. The van der Waals surface area contributed by atoms with E-state index in [-0.39, 0.29) is 24.2 Å². The molecule has 1 heterocycles. The van der Waals surface area contributed by atoms with Gasteiger partial charge in [-0.2, -0.15) is 0 Å². The summed E-state index contributed by atoms with van der Waals surface area (Å²) in [5, 5.41) is 3.11. The molecule has 1 saturated heterocycles. The standard InChI is InChI=1S/C21H26N2O2/c1-15-13-23(14-16(2)25-15)17(3)21(24)22-20-12-8-7-11-19(20)18-9-5-4-6-10-18/h4-12,15-17H,13-14H2,1-3H3,(H,22,24)/t15-,16+,17-/m0/s1. The molecule has 1 N–H and O–H groups in total. The van der Waals surface area contributed by atoms with Crippen molar-refractivity contribution in [1.82, 2.24) is 4.90 Å². The Morgan fingerprint density at radius 2 is 1.64 bits per heavy atom. The molecule has 0 unspecified atom stereocenters. The maximum absolute atomic E-state index is 12.8. The molecular formula is C21H26N2O2. The number of nitrogens with zero attached hydrogens (tertiary/aromatic N) is 1. The first-order chi connectivity index (χ1) is 12.0. The van der Waals surface area contributed by atoms with Gasteiger partial charge in [-0.3, -0.25) is 9.69 Å². The van der Waals surface area contributed by atoms with Crippen molar-refractivity contribution < 1.29 is 9.53 Å². The van der Waals surface area contributed by atoms with E-state index in [0.717, 1.165) is 29.9 Å². The van der Waals surface area contributed by atoms with Gasteiger partial charge in [0, 0.05) is 24.3 Å². The van der Waals surface area contributed by atoms with E-state index < -0.39 is 0 Å². The van der Waals surface area contributed by atoms with E-state index in [2.05, 4.69) is 36.2 Å². The molecular weight excluding hydrogens is 312 g/mol. The third-order valence-corrected chi connectivity index (χ3v) is 4.64. The average molecular weight is 338 g/mol. The number of morpholine rings is 1. The summed E-state index contributed by atoms with van der Waals surface area (Å²) in [6.07, 6.45) is 0.297. The lowest BCUT2D eigenvalue weighted by atomic mass is 10.0. The van der Waals surface area contributed by atoms with Crippen molar-refractivity contribution >= 4 is 11.6 Å². The molecule has 3 rings (SSSR count). The molecule has 1 amide bonds. The topological polar surface area (TPSA) is 41.6 Å². The van der Waals surface area contributed by atoms with Gasteiger partial charge in [0.05, 0.1) is 18.2 Å². The molecule has 0 aromatic heterocycles. The fraction of sp³-hybridized carbons (Fsp3) is 0.381. The number of carbonyl (C=O) groups is 1. The number of hydrogen-bond donors (Lipinski definition) is 1. The number of para-hydroxylation sites is 1. The Bertz CT molecular complexity index is 707. The van der Waals surface area contributed by atoms with E-state index in [0.29, 0.717) is 0 Å². The van der Waals surface area contributed by atoms with E-state index in [1.54, 1.807) is 0 Å². The summed E-state index contributed by atoms with van der Waals surface area (Å²) in [5.74, 6) is 0.0182. The highest BCUT2D eigenvalue weighted by Gasteiger charge is 2.29. The molecule has 3 atom stereocenters. The third-order valence-electron chi connectivity index (χ3n) is 4.64. The van der Waals surface area contributed by atoms with Crippen LogP contribution < -0.4 is 5.32 Å². The predicted octanol–water partition coefficient (Wildman–Crippen LogP) is 3.79. The van der Waals surface area contributed by atoms with Gasteiger partial charge in [0.25, 0.3) is 0 Å². The number of benzene rings is 2. The van der Waals surface area contributed by atoms with Gasteiger partial charge < -0.3 is 10.1 Å². The zero-order valence-corrected chi connectivity index (χ0v) is 15.1. The Balaban J connectivity index is 1.75. The van der Waals surface area contributed by atoms with Crippen molar-refractivity contribution in [2.24, 2.45) is 0 Å². The van der Waals surface area contributed by atoms with Crippen LogP contribution in [-0.4, -0.2) is 42.1 Å². The van der Waals surface area contributed by atoms with Crippen molar-refractivity contribution in [1.29, 1.82) is 0 Å². The molecule has 2 aromatic carbocycles. The minimum Gasteiger partial charge on any atom is -0.373 e. The molecule has 0 spiro atoms. The monoisotopic (exact) mass is 338 g/mol. The molecule has 0 bridgehead atoms. The second kappa shape index (κ2) is 7.81. The summed E-state index contributed by atoms with van der Waals surface area (Å²) in [6, 6.07) is 17.9. The minimum absolute atomic E-state index is 0.0182. The Morgan fingerprint density at radius 1 is 1.04 bits per heavy atom. The van der Waals surface area contributed by atoms with Gasteiger partial charge in [-0.25, -0.2) is 0 Å². The van der Waals surface area contributed by atoms with Crippen molar-refractivity contribution in [3.8, 4) is 11.1 Å². The van der Waals surface area contributed by atoms with Crippen LogP contribution in [0.1, 0.15) is 20.8 Å². The van der Waals surface area contributed by atoms with Crippen LogP contribution >= 0.6 is 0 Å². The zero-order valence-electron chi connectivity index (χ0n) is 15.1. The van der Waals surface area contributed by atoms with Crippen LogP contribution in [0.5, 0.6) is 0 Å². The summed E-state index contributed by atoms with van der Waals surface area (Å²) < 4.78 is 5.77. The lowest BCUT2D eigenvalue weighted by Gasteiger charge is -2.38. The summed E-state index contributed by atoms with van der Waals surface area (Å²) in [4.78, 5) is 15.0. The third kappa shape index (κ3) is 4.27. The number of ether oxygens (including phenoxy) is 1. The van der Waals surface area contributed by atoms with Crippen LogP contribution in [0.2, 0.25) is 0 Å². The van der Waals surface area contributed by atoms with Crippen LogP contribution in [0.25, 0.3) is 11.1 Å². The molecule has 4 nitrogen and oxygen atoms in total. The lowest BCUT2D eigenvalue weighted by molar-refractivity contribution is -0.126.